The average Bonchev–Trinajstić information content (AvgIpc) is 3.26. The maximum Gasteiger partial charge on any atom is 0.351 e. The first-order valence-corrected chi connectivity index (χ1v) is 10.0. The molecule has 0 fully saturated rings. The molecular formula is C21H16ClFN6O4. The normalized spacial score (nSPS) is 10.9. The first kappa shape index (κ1) is 22.1. The number of rotatable bonds is 6. The highest BCUT2D eigenvalue weighted by Crippen LogP contribution is 2.16. The van der Waals surface area contributed by atoms with Crippen molar-refractivity contribution in [3.05, 3.63) is 86.1 Å². The van der Waals surface area contributed by atoms with Gasteiger partial charge in [0, 0.05) is 30.6 Å². The van der Waals surface area contributed by atoms with E-state index in [2.05, 4.69) is 20.6 Å². The van der Waals surface area contributed by atoms with Crippen LogP contribution in [-0.2, 0) is 18.3 Å². The maximum absolute atomic E-state index is 13.2. The zero-order valence-corrected chi connectivity index (χ0v) is 17.9. The van der Waals surface area contributed by atoms with E-state index in [1.807, 2.05) is 0 Å². The van der Waals surface area contributed by atoms with Crippen molar-refractivity contribution < 1.29 is 13.7 Å². The monoisotopic (exact) mass is 470 g/mol. The Morgan fingerprint density at radius 2 is 1.94 bits per heavy atom. The summed E-state index contributed by atoms with van der Waals surface area (Å²) in [6.45, 7) is 0. The standard InChI is InChI=1S/C21H16ClFN6O4/c1-28-20(31)18(26-29(21(28)32)15-7-5-13(23)6-8-15)19-25-17(33-27-19)10-9-16(30)24-14-4-2-3-12(22)11-14/h2-8,11H,9-10H2,1H3,(H,24,30). The SMILES string of the molecule is Cn1c(=O)c(-c2noc(CCC(=O)Nc3cccc(Cl)c3)n2)nn(-c2ccc(F)cc2)c1=O. The Kier molecular flexibility index (Phi) is 6.13. The Balaban J connectivity index is 1.54. The number of nitrogens with zero attached hydrogens (tertiary/aromatic N) is 5. The van der Waals surface area contributed by atoms with Crippen LogP contribution in [0.1, 0.15) is 12.3 Å². The number of amides is 1. The highest BCUT2D eigenvalue weighted by atomic mass is 35.5. The van der Waals surface area contributed by atoms with Crippen LogP contribution in [0, 0.1) is 5.82 Å². The largest absolute Gasteiger partial charge is 0.351 e. The molecule has 4 aromatic rings. The van der Waals surface area contributed by atoms with Crippen LogP contribution in [0.25, 0.3) is 17.2 Å². The predicted octanol–water partition coefficient (Wildman–Crippen LogP) is 2.35. The molecule has 2 aromatic carbocycles. The van der Waals surface area contributed by atoms with Crippen molar-refractivity contribution in [2.45, 2.75) is 12.8 Å². The van der Waals surface area contributed by atoms with Crippen molar-refractivity contribution in [3.8, 4) is 17.2 Å². The van der Waals surface area contributed by atoms with Crippen molar-refractivity contribution in [1.29, 1.82) is 0 Å². The Morgan fingerprint density at radius 3 is 2.67 bits per heavy atom. The van der Waals surface area contributed by atoms with Gasteiger partial charge in [0.25, 0.3) is 5.56 Å². The summed E-state index contributed by atoms with van der Waals surface area (Å²) in [6, 6.07) is 11.7. The zero-order chi connectivity index (χ0) is 23.5. The van der Waals surface area contributed by atoms with Crippen molar-refractivity contribution in [2.24, 2.45) is 7.05 Å². The fourth-order valence-electron chi connectivity index (χ4n) is 2.93. The van der Waals surface area contributed by atoms with Gasteiger partial charge in [-0.15, -0.1) is 0 Å². The van der Waals surface area contributed by atoms with Crippen LogP contribution in [-0.4, -0.2) is 30.4 Å². The number of hydrogen-bond acceptors (Lipinski definition) is 7. The number of hydrogen-bond donors (Lipinski definition) is 1. The van der Waals surface area contributed by atoms with Gasteiger partial charge < -0.3 is 9.84 Å². The molecule has 0 saturated carbocycles. The van der Waals surface area contributed by atoms with Gasteiger partial charge in [-0.2, -0.15) is 14.8 Å². The van der Waals surface area contributed by atoms with Crippen LogP contribution < -0.4 is 16.6 Å². The third kappa shape index (κ3) is 4.88. The zero-order valence-electron chi connectivity index (χ0n) is 17.2. The quantitative estimate of drug-likeness (QED) is 0.458. The Hall–Kier alpha value is -4.12. The van der Waals surface area contributed by atoms with Gasteiger partial charge in [-0.25, -0.2) is 9.18 Å². The molecule has 1 amide bonds. The van der Waals surface area contributed by atoms with Crippen LogP contribution in [0.3, 0.4) is 0 Å². The van der Waals surface area contributed by atoms with E-state index in [0.29, 0.717) is 10.7 Å². The summed E-state index contributed by atoms with van der Waals surface area (Å²) in [6.07, 6.45) is 0.145. The van der Waals surface area contributed by atoms with E-state index < -0.39 is 17.1 Å². The van der Waals surface area contributed by atoms with Crippen LogP contribution in [0.15, 0.2) is 62.6 Å². The lowest BCUT2D eigenvalue weighted by Gasteiger charge is -2.07. The molecule has 0 bridgehead atoms. The van der Waals surface area contributed by atoms with Crippen LogP contribution in [0.5, 0.6) is 0 Å². The second-order valence-electron chi connectivity index (χ2n) is 6.95. The second-order valence-corrected chi connectivity index (χ2v) is 7.39. The number of anilines is 1. The van der Waals surface area contributed by atoms with Gasteiger partial charge in [-0.3, -0.25) is 14.2 Å². The van der Waals surface area contributed by atoms with E-state index in [9.17, 15) is 18.8 Å². The van der Waals surface area contributed by atoms with E-state index in [-0.39, 0.29) is 41.8 Å². The molecular weight excluding hydrogens is 455 g/mol. The number of nitrogens with one attached hydrogen (secondary N) is 1. The summed E-state index contributed by atoms with van der Waals surface area (Å²) in [5, 5.41) is 11.0. The van der Waals surface area contributed by atoms with E-state index >= 15 is 0 Å². The van der Waals surface area contributed by atoms with Gasteiger partial charge in [0.1, 0.15) is 5.82 Å². The molecule has 1 N–H and O–H groups in total. The first-order chi connectivity index (χ1) is 15.8. The smallest absolute Gasteiger partial charge is 0.339 e. The summed E-state index contributed by atoms with van der Waals surface area (Å²) >= 11 is 5.90. The minimum atomic E-state index is -0.732. The topological polar surface area (TPSA) is 125 Å². The van der Waals surface area contributed by atoms with Crippen molar-refractivity contribution in [2.75, 3.05) is 5.32 Å². The Morgan fingerprint density at radius 1 is 1.18 bits per heavy atom. The first-order valence-electron chi connectivity index (χ1n) is 9.66. The lowest BCUT2D eigenvalue weighted by atomic mass is 10.2. The molecule has 12 heteroatoms. The molecule has 0 saturated heterocycles. The molecule has 0 aliphatic carbocycles. The lowest BCUT2D eigenvalue weighted by Crippen LogP contribution is -2.40. The third-order valence-corrected chi connectivity index (χ3v) is 4.84. The third-order valence-electron chi connectivity index (χ3n) is 4.60. The number of halogens is 2. The molecule has 0 spiro atoms. The lowest BCUT2D eigenvalue weighted by molar-refractivity contribution is -0.116. The number of benzene rings is 2. The van der Waals surface area contributed by atoms with E-state index in [4.69, 9.17) is 16.1 Å². The van der Waals surface area contributed by atoms with Crippen molar-refractivity contribution >= 4 is 23.2 Å². The summed E-state index contributed by atoms with van der Waals surface area (Å²) in [7, 11) is 1.27. The predicted molar refractivity (Wildman–Crippen MR) is 117 cm³/mol. The second kappa shape index (κ2) is 9.17. The Bertz CT molecular complexity index is 1440. The van der Waals surface area contributed by atoms with Gasteiger partial charge in [-0.1, -0.05) is 22.8 Å². The van der Waals surface area contributed by atoms with E-state index in [1.54, 1.807) is 24.3 Å². The molecule has 0 unspecified atom stereocenters. The minimum Gasteiger partial charge on any atom is -0.339 e. The fourth-order valence-corrected chi connectivity index (χ4v) is 3.12. The maximum atomic E-state index is 13.2. The molecule has 0 aliphatic heterocycles. The number of aryl methyl sites for hydroxylation is 1. The van der Waals surface area contributed by atoms with Crippen LogP contribution in [0.4, 0.5) is 10.1 Å². The van der Waals surface area contributed by atoms with Gasteiger partial charge in [0.05, 0.1) is 5.69 Å². The molecule has 2 aromatic heterocycles. The molecule has 2 heterocycles. The molecule has 0 atom stereocenters. The number of aromatic nitrogens is 5. The molecule has 168 valence electrons. The fraction of sp³-hybridized carbons (Fsp3) is 0.143. The summed E-state index contributed by atoms with van der Waals surface area (Å²) in [4.78, 5) is 41.3. The van der Waals surface area contributed by atoms with Gasteiger partial charge >= 0.3 is 5.69 Å². The van der Waals surface area contributed by atoms with Crippen molar-refractivity contribution in [1.82, 2.24) is 24.5 Å². The van der Waals surface area contributed by atoms with E-state index in [1.165, 1.54) is 19.2 Å². The van der Waals surface area contributed by atoms with Crippen LogP contribution in [0.2, 0.25) is 5.02 Å². The molecule has 0 aliphatic rings. The average molecular weight is 471 g/mol. The summed E-state index contributed by atoms with van der Waals surface area (Å²) < 4.78 is 20.1. The minimum absolute atomic E-state index is 0.0364. The summed E-state index contributed by atoms with van der Waals surface area (Å²) in [5.41, 5.74) is -0.893. The molecule has 10 nitrogen and oxygen atoms in total. The Labute approximate surface area is 190 Å². The highest BCUT2D eigenvalue weighted by Gasteiger charge is 2.19. The number of carbonyl (C=O) groups is 1. The highest BCUT2D eigenvalue weighted by molar-refractivity contribution is 6.30. The van der Waals surface area contributed by atoms with Gasteiger partial charge in [0.15, 0.2) is 5.69 Å². The van der Waals surface area contributed by atoms with E-state index in [0.717, 1.165) is 21.4 Å². The summed E-state index contributed by atoms with van der Waals surface area (Å²) in [5.74, 6) is -0.818. The molecule has 4 rings (SSSR count). The van der Waals surface area contributed by atoms with Gasteiger partial charge in [-0.05, 0) is 42.5 Å². The van der Waals surface area contributed by atoms with Crippen molar-refractivity contribution in [3.63, 3.8) is 0 Å². The van der Waals surface area contributed by atoms with Gasteiger partial charge in [0.2, 0.25) is 17.6 Å². The van der Waals surface area contributed by atoms with Crippen LogP contribution >= 0.6 is 11.6 Å². The molecule has 0 radical (unpaired) electrons. The molecule has 33 heavy (non-hydrogen) atoms. The number of carbonyl (C=O) groups excluding carboxylic acids is 1.